The minimum absolute atomic E-state index is 0.0773. The number of hydrogen-bond acceptors (Lipinski definition) is 4. The number of thioether (sulfide) groups is 1. The van der Waals surface area contributed by atoms with Crippen LogP contribution in [0.1, 0.15) is 24.5 Å². The van der Waals surface area contributed by atoms with Crippen LogP contribution in [0.4, 0.5) is 0 Å². The third kappa shape index (κ3) is 6.64. The molecule has 0 heterocycles. The maximum Gasteiger partial charge on any atom is 0.261 e. The zero-order valence-corrected chi connectivity index (χ0v) is 16.5. The highest BCUT2D eigenvalue weighted by molar-refractivity contribution is 7.98. The van der Waals surface area contributed by atoms with Crippen molar-refractivity contribution in [1.82, 2.24) is 5.32 Å². The Hall–Kier alpha value is -2.14. The summed E-state index contributed by atoms with van der Waals surface area (Å²) in [7, 11) is 1.61. The van der Waals surface area contributed by atoms with Gasteiger partial charge in [-0.2, -0.15) is 11.8 Å². The molecule has 26 heavy (non-hydrogen) atoms. The first kappa shape index (κ1) is 20.2. The highest BCUT2D eigenvalue weighted by Gasteiger charge is 2.18. The highest BCUT2D eigenvalue weighted by Crippen LogP contribution is 2.20. The first-order valence-corrected chi connectivity index (χ1v) is 9.99. The van der Waals surface area contributed by atoms with Gasteiger partial charge in [-0.25, -0.2) is 0 Å². The van der Waals surface area contributed by atoms with Gasteiger partial charge in [0.2, 0.25) is 0 Å². The van der Waals surface area contributed by atoms with Gasteiger partial charge in [0.05, 0.1) is 7.11 Å². The van der Waals surface area contributed by atoms with Crippen LogP contribution in [0.15, 0.2) is 48.5 Å². The average molecular weight is 374 g/mol. The molecule has 2 aromatic carbocycles. The van der Waals surface area contributed by atoms with Crippen molar-refractivity contribution < 1.29 is 14.3 Å². The third-order valence-corrected chi connectivity index (χ3v) is 4.91. The fourth-order valence-electron chi connectivity index (χ4n) is 2.51. The lowest BCUT2D eigenvalue weighted by Gasteiger charge is -2.17. The third-order valence-electron chi connectivity index (χ3n) is 3.88. The molecule has 4 nitrogen and oxygen atoms in total. The van der Waals surface area contributed by atoms with Crippen LogP contribution < -0.4 is 14.8 Å². The lowest BCUT2D eigenvalue weighted by molar-refractivity contribution is -0.127. The molecule has 0 saturated heterocycles. The van der Waals surface area contributed by atoms with Gasteiger partial charge in [0.1, 0.15) is 11.5 Å². The van der Waals surface area contributed by atoms with Crippen LogP contribution in [-0.4, -0.2) is 31.4 Å². The lowest BCUT2D eigenvalue weighted by Crippen LogP contribution is -2.39. The second kappa shape index (κ2) is 10.8. The fourth-order valence-corrected chi connectivity index (χ4v) is 3.32. The van der Waals surface area contributed by atoms with E-state index >= 15 is 0 Å². The Morgan fingerprint density at radius 1 is 1.15 bits per heavy atom. The molecule has 0 aliphatic rings. The number of hydrogen-bond donors (Lipinski definition) is 1. The van der Waals surface area contributed by atoms with Crippen LogP contribution in [0.5, 0.6) is 11.5 Å². The summed E-state index contributed by atoms with van der Waals surface area (Å²) in [6.45, 7) is 4.67. The summed E-state index contributed by atoms with van der Waals surface area (Å²) in [6, 6.07) is 15.8. The van der Waals surface area contributed by atoms with E-state index in [1.807, 2.05) is 36.9 Å². The van der Waals surface area contributed by atoms with Gasteiger partial charge in [-0.05, 0) is 31.0 Å². The van der Waals surface area contributed by atoms with E-state index in [1.54, 1.807) is 13.2 Å². The van der Waals surface area contributed by atoms with E-state index in [4.69, 9.17) is 9.47 Å². The van der Waals surface area contributed by atoms with Gasteiger partial charge < -0.3 is 14.8 Å². The number of carbonyl (C=O) groups is 1. The Labute approximate surface area is 160 Å². The standard InChI is InChI=1S/C21H27NO3S/c1-4-20(25-19-10-6-9-18(14-19)24-3)21(23)22-11-12-26-15-17-8-5-7-16(2)13-17/h5-10,13-14,20H,4,11-12,15H2,1-3H3,(H,22,23)/t20-/m0/s1. The quantitative estimate of drug-likeness (QED) is 0.634. The van der Waals surface area contributed by atoms with E-state index in [2.05, 4.69) is 36.5 Å². The van der Waals surface area contributed by atoms with E-state index in [1.165, 1.54) is 11.1 Å². The second-order valence-electron chi connectivity index (χ2n) is 6.03. The predicted molar refractivity (Wildman–Crippen MR) is 108 cm³/mol. The van der Waals surface area contributed by atoms with Crippen LogP contribution in [0, 0.1) is 6.92 Å². The molecule has 0 fully saturated rings. The van der Waals surface area contributed by atoms with E-state index in [0.29, 0.717) is 24.5 Å². The first-order chi connectivity index (χ1) is 12.6. The monoisotopic (exact) mass is 373 g/mol. The van der Waals surface area contributed by atoms with Crippen molar-refractivity contribution >= 4 is 17.7 Å². The molecule has 0 saturated carbocycles. The molecule has 1 amide bonds. The minimum Gasteiger partial charge on any atom is -0.497 e. The molecule has 2 rings (SSSR count). The first-order valence-electron chi connectivity index (χ1n) is 8.84. The number of carbonyl (C=O) groups excluding carboxylic acids is 1. The summed E-state index contributed by atoms with van der Waals surface area (Å²) in [6.07, 6.45) is 0.114. The molecular formula is C21H27NO3S. The van der Waals surface area contributed by atoms with Crippen molar-refractivity contribution in [3.05, 3.63) is 59.7 Å². The Kier molecular flexibility index (Phi) is 8.35. The molecule has 1 N–H and O–H groups in total. The largest absolute Gasteiger partial charge is 0.497 e. The van der Waals surface area contributed by atoms with Gasteiger partial charge >= 0.3 is 0 Å². The number of ether oxygens (including phenoxy) is 2. The average Bonchev–Trinajstić information content (AvgIpc) is 2.66. The Balaban J connectivity index is 1.72. The topological polar surface area (TPSA) is 47.6 Å². The van der Waals surface area contributed by atoms with Gasteiger partial charge in [-0.15, -0.1) is 0 Å². The molecule has 0 aliphatic heterocycles. The van der Waals surface area contributed by atoms with E-state index in [0.717, 1.165) is 11.5 Å². The molecule has 2 aromatic rings. The van der Waals surface area contributed by atoms with Crippen LogP contribution in [0.25, 0.3) is 0 Å². The maximum absolute atomic E-state index is 12.3. The number of methoxy groups -OCH3 is 1. The summed E-state index contributed by atoms with van der Waals surface area (Å²) in [4.78, 5) is 12.3. The summed E-state index contributed by atoms with van der Waals surface area (Å²) in [5, 5.41) is 2.96. The summed E-state index contributed by atoms with van der Waals surface area (Å²) in [5.41, 5.74) is 2.59. The van der Waals surface area contributed by atoms with Crippen molar-refractivity contribution in [2.45, 2.75) is 32.1 Å². The molecule has 140 valence electrons. The molecule has 0 unspecified atom stereocenters. The lowest BCUT2D eigenvalue weighted by atomic mass is 10.2. The predicted octanol–water partition coefficient (Wildman–Crippen LogP) is 4.21. The number of nitrogens with one attached hydrogen (secondary N) is 1. The van der Waals surface area contributed by atoms with E-state index in [-0.39, 0.29) is 5.91 Å². The summed E-state index contributed by atoms with van der Waals surface area (Å²) >= 11 is 1.81. The molecule has 0 bridgehead atoms. The fraction of sp³-hybridized carbons (Fsp3) is 0.381. The summed E-state index contributed by atoms with van der Waals surface area (Å²) < 4.78 is 11.0. The number of aryl methyl sites for hydroxylation is 1. The molecular weight excluding hydrogens is 346 g/mol. The van der Waals surface area contributed by atoms with Crippen molar-refractivity contribution in [3.8, 4) is 11.5 Å². The van der Waals surface area contributed by atoms with E-state index < -0.39 is 6.10 Å². The van der Waals surface area contributed by atoms with Crippen LogP contribution in [-0.2, 0) is 10.5 Å². The van der Waals surface area contributed by atoms with Gasteiger partial charge in [0.15, 0.2) is 6.10 Å². The molecule has 0 spiro atoms. The molecule has 5 heteroatoms. The molecule has 0 aromatic heterocycles. The zero-order valence-electron chi connectivity index (χ0n) is 15.7. The molecule has 1 atom stereocenters. The number of amides is 1. The van der Waals surface area contributed by atoms with Gasteiger partial charge in [-0.3, -0.25) is 4.79 Å². The Bertz CT molecular complexity index is 705. The molecule has 0 aliphatic carbocycles. The zero-order chi connectivity index (χ0) is 18.8. The highest BCUT2D eigenvalue weighted by atomic mass is 32.2. The second-order valence-corrected chi connectivity index (χ2v) is 7.13. The van der Waals surface area contributed by atoms with Gasteiger partial charge in [0.25, 0.3) is 5.91 Å². The van der Waals surface area contributed by atoms with Crippen molar-refractivity contribution in [3.63, 3.8) is 0 Å². The summed E-state index contributed by atoms with van der Waals surface area (Å²) in [5.74, 6) is 3.10. The SMILES string of the molecule is CC[C@H](Oc1cccc(OC)c1)C(=O)NCCSCc1cccc(C)c1. The molecule has 0 radical (unpaired) electrons. The van der Waals surface area contributed by atoms with Gasteiger partial charge in [0, 0.05) is 24.1 Å². The van der Waals surface area contributed by atoms with Crippen LogP contribution >= 0.6 is 11.8 Å². The smallest absolute Gasteiger partial charge is 0.261 e. The number of rotatable bonds is 10. The maximum atomic E-state index is 12.3. The van der Waals surface area contributed by atoms with Crippen molar-refractivity contribution in [2.75, 3.05) is 19.4 Å². The van der Waals surface area contributed by atoms with E-state index in [9.17, 15) is 4.79 Å². The minimum atomic E-state index is -0.496. The number of benzene rings is 2. The Morgan fingerprint density at radius 3 is 2.65 bits per heavy atom. The van der Waals surface area contributed by atoms with Gasteiger partial charge in [-0.1, -0.05) is 42.8 Å². The van der Waals surface area contributed by atoms with Crippen molar-refractivity contribution in [2.24, 2.45) is 0 Å². The van der Waals surface area contributed by atoms with Crippen LogP contribution in [0.3, 0.4) is 0 Å². The van der Waals surface area contributed by atoms with Crippen molar-refractivity contribution in [1.29, 1.82) is 0 Å². The normalized spacial score (nSPS) is 11.7. The Morgan fingerprint density at radius 2 is 1.92 bits per heavy atom. The van der Waals surface area contributed by atoms with Crippen LogP contribution in [0.2, 0.25) is 0 Å².